The molecule has 0 aromatic heterocycles. The highest BCUT2D eigenvalue weighted by Crippen LogP contribution is 2.25. The van der Waals surface area contributed by atoms with Gasteiger partial charge in [0.2, 0.25) is 5.91 Å². The third-order valence-electron chi connectivity index (χ3n) is 4.02. The van der Waals surface area contributed by atoms with E-state index in [0.29, 0.717) is 30.6 Å². The van der Waals surface area contributed by atoms with Crippen LogP contribution < -0.4 is 15.4 Å². The van der Waals surface area contributed by atoms with Crippen LogP contribution in [0.1, 0.15) is 16.7 Å². The molecule has 1 heterocycles. The summed E-state index contributed by atoms with van der Waals surface area (Å²) in [4.78, 5) is 12.2. The normalized spacial score (nSPS) is 12.9. The molecule has 0 spiro atoms. The number of alkyl halides is 2. The smallest absolute Gasteiger partial charge is 0.387 e. The van der Waals surface area contributed by atoms with E-state index in [4.69, 9.17) is 0 Å². The Bertz CT molecular complexity index is 787. The number of fused-ring (bicyclic) bond motifs is 1. The number of carbonyl (C=O) groups is 1. The molecule has 2 aromatic rings. The molecule has 0 fully saturated rings. The van der Waals surface area contributed by atoms with Crippen molar-refractivity contribution in [1.29, 1.82) is 0 Å². The molecular weight excluding hydrogens is 369 g/mol. The number of halogens is 4. The van der Waals surface area contributed by atoms with Crippen LogP contribution in [0.4, 0.5) is 18.9 Å². The molecule has 8 heteroatoms. The quantitative estimate of drug-likeness (QED) is 0.824. The average Bonchev–Trinajstić information content (AvgIpc) is 2.59. The summed E-state index contributed by atoms with van der Waals surface area (Å²) in [5.41, 5.74) is 1.87. The molecule has 0 aliphatic carbocycles. The second-order valence-electron chi connectivity index (χ2n) is 5.70. The van der Waals surface area contributed by atoms with Crippen LogP contribution >= 0.6 is 12.4 Å². The number of nitrogens with one attached hydrogen (secondary N) is 2. The molecule has 4 nitrogen and oxygen atoms in total. The Morgan fingerprint density at radius 1 is 1.23 bits per heavy atom. The predicted molar refractivity (Wildman–Crippen MR) is 94.5 cm³/mol. The van der Waals surface area contributed by atoms with Crippen molar-refractivity contribution in [2.75, 3.05) is 11.9 Å². The van der Waals surface area contributed by atoms with Crippen molar-refractivity contribution >= 4 is 24.0 Å². The molecular formula is C18H18ClF3N2O2. The highest BCUT2D eigenvalue weighted by molar-refractivity contribution is 5.93. The first kappa shape index (κ1) is 20.1. The van der Waals surface area contributed by atoms with E-state index in [9.17, 15) is 18.0 Å². The van der Waals surface area contributed by atoms with Gasteiger partial charge in [0.25, 0.3) is 0 Å². The Hall–Kier alpha value is -2.25. The van der Waals surface area contributed by atoms with Crippen LogP contribution in [0.2, 0.25) is 0 Å². The molecule has 0 saturated heterocycles. The van der Waals surface area contributed by atoms with Crippen LogP contribution in [0.25, 0.3) is 0 Å². The fraction of sp³-hybridized carbons (Fsp3) is 0.278. The first-order valence-corrected chi connectivity index (χ1v) is 7.88. The van der Waals surface area contributed by atoms with Crippen LogP contribution in [0, 0.1) is 5.82 Å². The van der Waals surface area contributed by atoms with Crippen molar-refractivity contribution in [3.8, 4) is 5.75 Å². The minimum Gasteiger partial charge on any atom is -0.435 e. The number of rotatable bonds is 5. The van der Waals surface area contributed by atoms with Crippen molar-refractivity contribution < 1.29 is 22.7 Å². The van der Waals surface area contributed by atoms with Crippen LogP contribution in [-0.4, -0.2) is 19.1 Å². The van der Waals surface area contributed by atoms with Gasteiger partial charge < -0.3 is 15.4 Å². The second kappa shape index (κ2) is 8.91. The lowest BCUT2D eigenvalue weighted by Crippen LogP contribution is -2.25. The maximum Gasteiger partial charge on any atom is 0.387 e. The molecule has 1 aliphatic heterocycles. The predicted octanol–water partition coefficient (Wildman–Crippen LogP) is 3.68. The van der Waals surface area contributed by atoms with Crippen molar-refractivity contribution in [2.24, 2.45) is 0 Å². The zero-order valence-corrected chi connectivity index (χ0v) is 14.5. The molecule has 2 aromatic carbocycles. The SMILES string of the molecule is Cl.O=C(Cc1ccccc1OC(F)F)Nc1ccc2c(c1F)CCNC2. The molecule has 0 radical (unpaired) electrons. The Balaban J connectivity index is 0.00000243. The Kier molecular flexibility index (Phi) is 6.88. The van der Waals surface area contributed by atoms with Crippen LogP contribution in [0.5, 0.6) is 5.75 Å². The van der Waals surface area contributed by atoms with Gasteiger partial charge in [-0.1, -0.05) is 24.3 Å². The fourth-order valence-electron chi connectivity index (χ4n) is 2.86. The van der Waals surface area contributed by atoms with Crippen LogP contribution in [0.15, 0.2) is 36.4 Å². The second-order valence-corrected chi connectivity index (χ2v) is 5.70. The zero-order chi connectivity index (χ0) is 17.8. The summed E-state index contributed by atoms with van der Waals surface area (Å²) in [7, 11) is 0. The number of hydrogen-bond donors (Lipinski definition) is 2. The lowest BCUT2D eigenvalue weighted by molar-refractivity contribution is -0.115. The zero-order valence-electron chi connectivity index (χ0n) is 13.7. The van der Waals surface area contributed by atoms with Gasteiger partial charge in [-0.3, -0.25) is 4.79 Å². The average molecular weight is 387 g/mol. The minimum absolute atomic E-state index is 0. The third-order valence-corrected chi connectivity index (χ3v) is 4.02. The molecule has 3 rings (SSSR count). The maximum atomic E-state index is 14.5. The van der Waals surface area contributed by atoms with Crippen LogP contribution in [0.3, 0.4) is 0 Å². The summed E-state index contributed by atoms with van der Waals surface area (Å²) >= 11 is 0. The van der Waals surface area contributed by atoms with Gasteiger partial charge in [0.05, 0.1) is 12.1 Å². The minimum atomic E-state index is -2.98. The van der Waals surface area contributed by atoms with Crippen molar-refractivity contribution in [1.82, 2.24) is 5.32 Å². The van der Waals surface area contributed by atoms with Crippen molar-refractivity contribution in [3.63, 3.8) is 0 Å². The van der Waals surface area contributed by atoms with Gasteiger partial charge in [-0.15, -0.1) is 12.4 Å². The van der Waals surface area contributed by atoms with E-state index in [1.54, 1.807) is 12.1 Å². The van der Waals surface area contributed by atoms with Gasteiger partial charge in [-0.25, -0.2) is 4.39 Å². The van der Waals surface area contributed by atoms with E-state index >= 15 is 0 Å². The molecule has 26 heavy (non-hydrogen) atoms. The lowest BCUT2D eigenvalue weighted by Gasteiger charge is -2.19. The van der Waals surface area contributed by atoms with E-state index in [-0.39, 0.29) is 30.3 Å². The Morgan fingerprint density at radius 2 is 2.00 bits per heavy atom. The Morgan fingerprint density at radius 3 is 2.77 bits per heavy atom. The topological polar surface area (TPSA) is 50.4 Å². The van der Waals surface area contributed by atoms with E-state index in [1.165, 1.54) is 24.3 Å². The highest BCUT2D eigenvalue weighted by Gasteiger charge is 2.18. The van der Waals surface area contributed by atoms with Gasteiger partial charge in [0, 0.05) is 12.1 Å². The molecule has 2 N–H and O–H groups in total. The molecule has 0 bridgehead atoms. The van der Waals surface area contributed by atoms with Gasteiger partial charge in [0.15, 0.2) is 0 Å². The van der Waals surface area contributed by atoms with E-state index < -0.39 is 18.3 Å². The van der Waals surface area contributed by atoms with Crippen molar-refractivity contribution in [2.45, 2.75) is 26.0 Å². The summed E-state index contributed by atoms with van der Waals surface area (Å²) in [6, 6.07) is 9.33. The number of ether oxygens (including phenoxy) is 1. The monoisotopic (exact) mass is 386 g/mol. The molecule has 0 unspecified atom stereocenters. The van der Waals surface area contributed by atoms with Crippen molar-refractivity contribution in [3.05, 3.63) is 58.9 Å². The van der Waals surface area contributed by atoms with Gasteiger partial charge in [-0.2, -0.15) is 8.78 Å². The summed E-state index contributed by atoms with van der Waals surface area (Å²) in [6.45, 7) is -1.70. The number of para-hydroxylation sites is 1. The number of benzene rings is 2. The van der Waals surface area contributed by atoms with Gasteiger partial charge >= 0.3 is 6.61 Å². The van der Waals surface area contributed by atoms with Crippen LogP contribution in [-0.2, 0) is 24.2 Å². The fourth-order valence-corrected chi connectivity index (χ4v) is 2.86. The van der Waals surface area contributed by atoms with E-state index in [0.717, 1.165) is 5.56 Å². The molecule has 1 aliphatic rings. The number of carbonyl (C=O) groups excluding carboxylic acids is 1. The summed E-state index contributed by atoms with van der Waals surface area (Å²) in [5, 5.41) is 5.67. The highest BCUT2D eigenvalue weighted by atomic mass is 35.5. The first-order chi connectivity index (χ1) is 12.0. The number of anilines is 1. The molecule has 0 saturated carbocycles. The molecule has 0 atom stereocenters. The third kappa shape index (κ3) is 4.68. The lowest BCUT2D eigenvalue weighted by atomic mass is 9.99. The standard InChI is InChI=1S/C18H17F3N2O2.ClH/c19-17-13-7-8-22-10-12(13)5-6-14(17)23-16(24)9-11-3-1-2-4-15(11)25-18(20)21;/h1-6,18,22H,7-10H2,(H,23,24);1H. The number of hydrogen-bond acceptors (Lipinski definition) is 3. The summed E-state index contributed by atoms with van der Waals surface area (Å²) < 4.78 is 43.8. The summed E-state index contributed by atoms with van der Waals surface area (Å²) in [5.74, 6) is -1.01. The van der Waals surface area contributed by atoms with E-state index in [1.807, 2.05) is 0 Å². The van der Waals surface area contributed by atoms with E-state index in [2.05, 4.69) is 15.4 Å². The Labute approximate surface area is 155 Å². The first-order valence-electron chi connectivity index (χ1n) is 7.88. The maximum absolute atomic E-state index is 14.5. The summed E-state index contributed by atoms with van der Waals surface area (Å²) in [6.07, 6.45) is 0.358. The van der Waals surface area contributed by atoms with Gasteiger partial charge in [-0.05, 0) is 36.2 Å². The van der Waals surface area contributed by atoms with Gasteiger partial charge in [0.1, 0.15) is 11.6 Å². The largest absolute Gasteiger partial charge is 0.435 e. The molecule has 140 valence electrons. The molecule has 1 amide bonds. The number of amides is 1.